The highest BCUT2D eigenvalue weighted by Crippen LogP contribution is 2.26. The van der Waals surface area contributed by atoms with E-state index in [9.17, 15) is 19.7 Å². The molecule has 0 aromatic carbocycles. The lowest BCUT2D eigenvalue weighted by Gasteiger charge is -2.40. The first-order valence-electron chi connectivity index (χ1n) is 9.04. The summed E-state index contributed by atoms with van der Waals surface area (Å²) in [7, 11) is 0. The van der Waals surface area contributed by atoms with E-state index in [1.54, 1.807) is 4.90 Å². The fourth-order valence-electron chi connectivity index (χ4n) is 3.69. The van der Waals surface area contributed by atoms with E-state index in [4.69, 9.17) is 0 Å². The third kappa shape index (κ3) is 3.55. The molecule has 3 heterocycles. The van der Waals surface area contributed by atoms with Gasteiger partial charge in [0.1, 0.15) is 5.69 Å². The number of aromatic amines is 1. The van der Waals surface area contributed by atoms with Crippen molar-refractivity contribution in [3.8, 4) is 0 Å². The average Bonchev–Trinajstić information content (AvgIpc) is 3.06. The molecule has 2 saturated heterocycles. The number of rotatable bonds is 5. The number of piperazine rings is 1. The first-order chi connectivity index (χ1) is 12.5. The third-order valence-electron chi connectivity index (χ3n) is 4.95. The van der Waals surface area contributed by atoms with Crippen molar-refractivity contribution in [3.05, 3.63) is 21.5 Å². The molecule has 3 rings (SSSR count). The van der Waals surface area contributed by atoms with Crippen molar-refractivity contribution in [2.75, 3.05) is 32.7 Å². The Hall–Kier alpha value is -2.49. The number of hydrogen-bond donors (Lipinski definition) is 2. The molecule has 2 fully saturated rings. The van der Waals surface area contributed by atoms with Crippen LogP contribution in [0.25, 0.3) is 0 Å². The molecule has 2 aliphatic heterocycles. The maximum absolute atomic E-state index is 12.9. The van der Waals surface area contributed by atoms with Crippen LogP contribution < -0.4 is 5.32 Å². The van der Waals surface area contributed by atoms with Crippen LogP contribution in [0.4, 0.5) is 5.69 Å². The molecule has 26 heavy (non-hydrogen) atoms. The van der Waals surface area contributed by atoms with E-state index in [-0.39, 0.29) is 23.3 Å². The molecule has 2 amide bonds. The van der Waals surface area contributed by atoms with Crippen LogP contribution in [0.5, 0.6) is 0 Å². The lowest BCUT2D eigenvalue weighted by atomic mass is 10.0. The van der Waals surface area contributed by atoms with Gasteiger partial charge in [-0.3, -0.25) is 24.8 Å². The first kappa shape index (κ1) is 18.3. The number of aromatic nitrogens is 2. The van der Waals surface area contributed by atoms with Crippen molar-refractivity contribution in [2.24, 2.45) is 0 Å². The maximum atomic E-state index is 12.9. The summed E-state index contributed by atoms with van der Waals surface area (Å²) < 4.78 is 0. The summed E-state index contributed by atoms with van der Waals surface area (Å²) in [6.45, 7) is 4.48. The highest BCUT2D eigenvalue weighted by molar-refractivity contribution is 5.96. The predicted octanol–water partition coefficient (Wildman–Crippen LogP) is 0.307. The zero-order chi connectivity index (χ0) is 18.7. The molecule has 2 aliphatic rings. The Balaban J connectivity index is 1.77. The standard InChI is InChI=1S/C16H24N6O4/c1-2-4-12-15(22(25)26)14(19-18-12)16(24)20-7-3-5-11(10-20)21-8-6-17-9-13(21)23/h11,17H,2-10H2,1H3,(H,18,19). The molecule has 10 heteroatoms. The summed E-state index contributed by atoms with van der Waals surface area (Å²) in [5, 5.41) is 21.1. The fraction of sp³-hybridized carbons (Fsp3) is 0.688. The van der Waals surface area contributed by atoms with E-state index in [1.807, 2.05) is 11.8 Å². The quantitative estimate of drug-likeness (QED) is 0.572. The molecular formula is C16H24N6O4. The van der Waals surface area contributed by atoms with Crippen molar-refractivity contribution in [2.45, 2.75) is 38.6 Å². The molecule has 0 radical (unpaired) electrons. The van der Waals surface area contributed by atoms with Crippen LogP contribution in [-0.2, 0) is 11.2 Å². The minimum absolute atomic E-state index is 0.0338. The van der Waals surface area contributed by atoms with Crippen LogP contribution in [0.1, 0.15) is 42.4 Å². The van der Waals surface area contributed by atoms with Gasteiger partial charge in [0.15, 0.2) is 0 Å². The van der Waals surface area contributed by atoms with E-state index in [0.717, 1.165) is 19.4 Å². The second-order valence-electron chi connectivity index (χ2n) is 6.72. The average molecular weight is 364 g/mol. The number of aryl methyl sites for hydroxylation is 1. The molecule has 1 aromatic heterocycles. The van der Waals surface area contributed by atoms with Crippen molar-refractivity contribution in [1.82, 2.24) is 25.3 Å². The molecule has 2 N–H and O–H groups in total. The molecule has 142 valence electrons. The van der Waals surface area contributed by atoms with E-state index in [2.05, 4.69) is 15.5 Å². The number of piperidine rings is 1. The largest absolute Gasteiger partial charge is 0.336 e. The smallest absolute Gasteiger partial charge is 0.322 e. The molecule has 0 spiro atoms. The van der Waals surface area contributed by atoms with Gasteiger partial charge in [-0.25, -0.2) is 0 Å². The minimum Gasteiger partial charge on any atom is -0.336 e. The van der Waals surface area contributed by atoms with E-state index < -0.39 is 10.8 Å². The number of amides is 2. The second-order valence-corrected chi connectivity index (χ2v) is 6.72. The lowest BCUT2D eigenvalue weighted by Crippen LogP contribution is -2.57. The monoisotopic (exact) mass is 364 g/mol. The zero-order valence-corrected chi connectivity index (χ0v) is 14.9. The van der Waals surface area contributed by atoms with Crippen LogP contribution in [0.15, 0.2) is 0 Å². The minimum atomic E-state index is -0.539. The molecule has 0 bridgehead atoms. The van der Waals surface area contributed by atoms with Crippen LogP contribution in [0, 0.1) is 10.1 Å². The van der Waals surface area contributed by atoms with Crippen molar-refractivity contribution in [3.63, 3.8) is 0 Å². The van der Waals surface area contributed by atoms with Gasteiger partial charge < -0.3 is 15.1 Å². The summed E-state index contributed by atoms with van der Waals surface area (Å²) in [6.07, 6.45) is 2.77. The van der Waals surface area contributed by atoms with Gasteiger partial charge in [-0.2, -0.15) is 5.10 Å². The van der Waals surface area contributed by atoms with Gasteiger partial charge in [0.25, 0.3) is 5.91 Å². The van der Waals surface area contributed by atoms with Crippen LogP contribution in [0.3, 0.4) is 0 Å². The number of nitrogens with one attached hydrogen (secondary N) is 2. The van der Waals surface area contributed by atoms with Gasteiger partial charge in [0, 0.05) is 32.2 Å². The van der Waals surface area contributed by atoms with Crippen LogP contribution in [-0.4, -0.2) is 75.5 Å². The fourth-order valence-corrected chi connectivity index (χ4v) is 3.69. The Morgan fingerprint density at radius 2 is 2.23 bits per heavy atom. The van der Waals surface area contributed by atoms with Gasteiger partial charge in [-0.1, -0.05) is 13.3 Å². The van der Waals surface area contributed by atoms with E-state index in [0.29, 0.717) is 44.7 Å². The number of nitro groups is 1. The van der Waals surface area contributed by atoms with Gasteiger partial charge in [-0.05, 0) is 19.3 Å². The van der Waals surface area contributed by atoms with Crippen LogP contribution in [0.2, 0.25) is 0 Å². The Morgan fingerprint density at radius 3 is 2.92 bits per heavy atom. The molecule has 1 atom stereocenters. The van der Waals surface area contributed by atoms with Gasteiger partial charge in [0.2, 0.25) is 11.6 Å². The number of carbonyl (C=O) groups is 2. The van der Waals surface area contributed by atoms with Crippen LogP contribution >= 0.6 is 0 Å². The maximum Gasteiger partial charge on any atom is 0.322 e. The molecule has 10 nitrogen and oxygen atoms in total. The molecular weight excluding hydrogens is 340 g/mol. The number of likely N-dealkylation sites (tertiary alicyclic amines) is 1. The zero-order valence-electron chi connectivity index (χ0n) is 14.9. The lowest BCUT2D eigenvalue weighted by molar-refractivity contribution is -0.385. The van der Waals surface area contributed by atoms with Crippen molar-refractivity contribution < 1.29 is 14.5 Å². The highest BCUT2D eigenvalue weighted by Gasteiger charge is 2.36. The molecule has 0 aliphatic carbocycles. The summed E-state index contributed by atoms with van der Waals surface area (Å²) in [5.74, 6) is -0.408. The highest BCUT2D eigenvalue weighted by atomic mass is 16.6. The van der Waals surface area contributed by atoms with E-state index >= 15 is 0 Å². The van der Waals surface area contributed by atoms with Gasteiger partial charge >= 0.3 is 5.69 Å². The predicted molar refractivity (Wildman–Crippen MR) is 92.7 cm³/mol. The SMILES string of the molecule is CCCc1[nH]nc(C(=O)N2CCCC(N3CCNCC3=O)C2)c1[N+](=O)[O-]. The summed E-state index contributed by atoms with van der Waals surface area (Å²) in [5.41, 5.74) is 0.0228. The molecule has 0 saturated carbocycles. The Kier molecular flexibility index (Phi) is 5.50. The second kappa shape index (κ2) is 7.81. The van der Waals surface area contributed by atoms with Gasteiger partial charge in [0.05, 0.1) is 11.5 Å². The van der Waals surface area contributed by atoms with Gasteiger partial charge in [-0.15, -0.1) is 0 Å². The Labute approximate surface area is 151 Å². The molecule has 1 aromatic rings. The Morgan fingerprint density at radius 1 is 1.42 bits per heavy atom. The first-order valence-corrected chi connectivity index (χ1v) is 9.04. The number of nitrogens with zero attached hydrogens (tertiary/aromatic N) is 4. The number of carbonyl (C=O) groups excluding carboxylic acids is 2. The summed E-state index contributed by atoms with van der Waals surface area (Å²) >= 11 is 0. The number of H-pyrrole nitrogens is 1. The topological polar surface area (TPSA) is 124 Å². The Bertz CT molecular complexity index is 703. The van der Waals surface area contributed by atoms with Crippen molar-refractivity contribution in [1.29, 1.82) is 0 Å². The normalized spacial score (nSPS) is 21.1. The summed E-state index contributed by atoms with van der Waals surface area (Å²) in [4.78, 5) is 39.3. The van der Waals surface area contributed by atoms with E-state index in [1.165, 1.54) is 0 Å². The molecule has 1 unspecified atom stereocenters. The summed E-state index contributed by atoms with van der Waals surface area (Å²) in [6, 6.07) is -0.0459. The van der Waals surface area contributed by atoms with Crippen molar-refractivity contribution >= 4 is 17.5 Å². The third-order valence-corrected chi connectivity index (χ3v) is 4.95. The number of hydrogen-bond acceptors (Lipinski definition) is 6.